The largest absolute Gasteiger partial charge is 0.505 e. The fourth-order valence-electron chi connectivity index (χ4n) is 14.9. The van der Waals surface area contributed by atoms with E-state index in [1.807, 2.05) is 0 Å². The molecule has 0 aliphatic rings. The summed E-state index contributed by atoms with van der Waals surface area (Å²) in [6, 6.07) is 32.7. The van der Waals surface area contributed by atoms with Crippen LogP contribution in [0.5, 0.6) is 63.2 Å². The molecule has 0 aliphatic carbocycles. The number of unbranched alkanes of at least 4 members (excludes halogenated alkanes) is 2. The lowest BCUT2D eigenvalue weighted by Gasteiger charge is -2.33. The van der Waals surface area contributed by atoms with Crippen LogP contribution in [0.15, 0.2) is 134 Å². The molecule has 0 fully saturated rings. The van der Waals surface area contributed by atoms with Crippen LogP contribution in [-0.2, 0) is 110 Å². The number of rotatable bonds is 86. The quantitative estimate of drug-likeness (QED) is 0.0174. The van der Waals surface area contributed by atoms with Gasteiger partial charge in [0.2, 0.25) is 17.4 Å². The molecule has 0 bridgehead atoms. The highest BCUT2D eigenvalue weighted by Gasteiger charge is 2.37. The number of amides is 4. The number of pyridine rings is 3. The van der Waals surface area contributed by atoms with Crippen molar-refractivity contribution in [3.05, 3.63) is 167 Å². The van der Waals surface area contributed by atoms with Crippen LogP contribution < -0.4 is 59.2 Å². The van der Waals surface area contributed by atoms with Gasteiger partial charge in [0.05, 0.1) is 215 Å². The molecule has 0 saturated carbocycles. The molecule has 3 heterocycles. The summed E-state index contributed by atoms with van der Waals surface area (Å²) in [6.45, 7) is 10.2. The molecule has 146 heavy (non-hydrogen) atoms. The lowest BCUT2D eigenvalue weighted by atomic mass is 9.73. The minimum atomic E-state index is -1.24. The first-order valence-corrected chi connectivity index (χ1v) is 49.4. The predicted molar refractivity (Wildman–Crippen MR) is 540 cm³/mol. The van der Waals surface area contributed by atoms with Gasteiger partial charge in [0, 0.05) is 115 Å². The van der Waals surface area contributed by atoms with Crippen LogP contribution in [0.2, 0.25) is 0 Å². The number of carbonyl (C=O) groups excluding carboxylic acids is 4. The summed E-state index contributed by atoms with van der Waals surface area (Å²) in [5.41, 5.74) is 1.29. The smallest absolute Gasteiger partial charge is 0.255 e. The summed E-state index contributed by atoms with van der Waals surface area (Å²) < 4.78 is 153. The summed E-state index contributed by atoms with van der Waals surface area (Å²) in [7, 11) is 9.61. The monoisotopic (exact) mass is 2050 g/mol. The van der Waals surface area contributed by atoms with Gasteiger partial charge in [0.15, 0.2) is 40.2 Å². The van der Waals surface area contributed by atoms with Crippen molar-refractivity contribution in [3.8, 4) is 63.2 Å². The second kappa shape index (κ2) is 71.9. The van der Waals surface area contributed by atoms with Crippen LogP contribution in [0, 0.1) is 5.41 Å². The number of methoxy groups -OCH3 is 6. The number of nitrogens with one attached hydrogen (secondary N) is 4. The van der Waals surface area contributed by atoms with Gasteiger partial charge in [-0.3, -0.25) is 34.1 Å². The van der Waals surface area contributed by atoms with E-state index >= 15 is 4.79 Å². The summed E-state index contributed by atoms with van der Waals surface area (Å²) in [6.07, 6.45) is 7.04. The van der Waals surface area contributed by atoms with Gasteiger partial charge in [-0.05, 0) is 128 Å². The van der Waals surface area contributed by atoms with Gasteiger partial charge in [0.1, 0.15) is 80.9 Å². The molecule has 9 rings (SSSR count). The van der Waals surface area contributed by atoms with E-state index in [9.17, 15) is 29.7 Å². The number of benzene rings is 6. The molecule has 0 unspecified atom stereocenters. The van der Waals surface area contributed by atoms with Crippen molar-refractivity contribution in [2.24, 2.45) is 5.41 Å². The van der Waals surface area contributed by atoms with Crippen molar-refractivity contribution in [3.63, 3.8) is 0 Å². The molecule has 0 spiro atoms. The van der Waals surface area contributed by atoms with E-state index in [2.05, 4.69) is 36.2 Å². The number of ether oxygens (including phenoxy) is 26. The second-order valence-corrected chi connectivity index (χ2v) is 33.0. The standard InChI is InChI=1S/C106H147N7O33/c1-121-33-39-127-45-51-133-57-63-139-90-71-80(72-91(140-64-58-134-52-46-128-40-34-122-2)100(90)143-67-61-137-55-49-131-43-37-125-5)77-145-85-69-79(70-86(75-85)146-78-81-73-92(141-65-59-135-53-47-129-41-35-123-3)101(144-68-62-138-56-50-132-44-38-126-6)93(74-81)142-66-60-136-54-48-130-42-36-124-4)76-113-105(120)106(26-14-32-112-104(119)89-23-20-84-17-13-31-109-96(84)99(89)116,24-7-9-27-110-102(117)87-21-18-82-15-11-29-107-94(82)97(87)114)25-8-10-28-111-103(118)88-22-19-83-16-12-30-108-95(83)98(88)115/h11-13,15-23,29-31,69-75,114-116H,7-10,14,24-28,32-68,76-78H2,1-6H3,(H,110,117)(H,111,118)(H,112,119)(H,113,120). The Labute approximate surface area is 853 Å². The third kappa shape index (κ3) is 43.5. The van der Waals surface area contributed by atoms with Crippen molar-refractivity contribution in [1.29, 1.82) is 0 Å². The number of hydrogen-bond donors (Lipinski definition) is 7. The number of phenolic OH excluding ortho intramolecular Hbond substituents is 3. The van der Waals surface area contributed by atoms with Crippen molar-refractivity contribution in [2.45, 2.75) is 71.1 Å². The van der Waals surface area contributed by atoms with Crippen LogP contribution in [0.1, 0.15) is 99.1 Å². The Kier molecular flexibility index (Phi) is 58.2. The summed E-state index contributed by atoms with van der Waals surface area (Å²) in [4.78, 5) is 71.3. The molecule has 7 N–H and O–H groups in total. The minimum absolute atomic E-state index is 0.00893. The fraction of sp³-hybridized carbons (Fsp3) is 0.538. The molecule has 0 atom stereocenters. The SMILES string of the molecule is COCCOCCOCCOc1cc(COc2cc(CNC(=O)C(CCCCNC(=O)c3ccc4cccnc4c3O)(CCCCNC(=O)c3ccc4cccnc4c3O)CCCNC(=O)c3ccc4cccnc4c3O)cc(OCc3cc(OCCOCCOCCOC)c(OCCOCCOCCOC)c(OCCOCCOCCOC)c3)c2)cc(OCCOCCOCCOC)c1OCCOCCOCCOC. The predicted octanol–water partition coefficient (Wildman–Crippen LogP) is 11.0. The van der Waals surface area contributed by atoms with Crippen LogP contribution in [0.4, 0.5) is 0 Å². The average Bonchev–Trinajstić information content (AvgIpc) is 0.808. The number of carbonyl (C=O) groups is 4. The van der Waals surface area contributed by atoms with Crippen LogP contribution >= 0.6 is 0 Å². The van der Waals surface area contributed by atoms with Crippen molar-refractivity contribution in [1.82, 2.24) is 36.2 Å². The normalized spacial score (nSPS) is 11.5. The first-order valence-electron chi connectivity index (χ1n) is 49.4. The molecular formula is C106H147N7O33. The molecule has 804 valence electrons. The third-order valence-corrected chi connectivity index (χ3v) is 22.4. The average molecular weight is 2050 g/mol. The number of fused-ring (bicyclic) bond motifs is 3. The highest BCUT2D eigenvalue weighted by atomic mass is 16.6. The van der Waals surface area contributed by atoms with Crippen LogP contribution in [0.3, 0.4) is 0 Å². The number of phenols is 3. The number of nitrogens with zero attached hydrogens (tertiary/aromatic N) is 3. The maximum Gasteiger partial charge on any atom is 0.255 e. The summed E-state index contributed by atoms with van der Waals surface area (Å²) >= 11 is 0. The highest BCUT2D eigenvalue weighted by molar-refractivity contribution is 6.04. The molecule has 0 saturated heterocycles. The zero-order valence-corrected chi connectivity index (χ0v) is 85.0. The molecule has 6 aromatic carbocycles. The molecule has 3 aromatic heterocycles. The first kappa shape index (κ1) is 118. The van der Waals surface area contributed by atoms with Gasteiger partial charge in [-0.1, -0.05) is 49.2 Å². The number of aromatic nitrogens is 3. The Morgan fingerprint density at radius 3 is 0.822 bits per heavy atom. The van der Waals surface area contributed by atoms with Gasteiger partial charge >= 0.3 is 0 Å². The van der Waals surface area contributed by atoms with Crippen molar-refractivity contribution in [2.75, 3.05) is 300 Å². The van der Waals surface area contributed by atoms with E-state index in [0.29, 0.717) is 214 Å². The van der Waals surface area contributed by atoms with Gasteiger partial charge in [-0.2, -0.15) is 0 Å². The van der Waals surface area contributed by atoms with E-state index in [4.69, 9.17) is 123 Å². The molecule has 9 aromatic rings. The van der Waals surface area contributed by atoms with Crippen molar-refractivity contribution < 1.29 is 158 Å². The maximum absolute atomic E-state index is 16.3. The molecule has 40 nitrogen and oxygen atoms in total. The molecular weight excluding hydrogens is 1900 g/mol. The van der Waals surface area contributed by atoms with E-state index < -0.39 is 23.1 Å². The van der Waals surface area contributed by atoms with Gasteiger partial charge in [-0.25, -0.2) is 0 Å². The van der Waals surface area contributed by atoms with Gasteiger partial charge < -0.3 is 160 Å². The Balaban J connectivity index is 1.09. The molecule has 0 radical (unpaired) electrons. The van der Waals surface area contributed by atoms with E-state index in [1.54, 1.807) is 140 Å². The maximum atomic E-state index is 16.3. The molecule has 4 amide bonds. The zero-order valence-electron chi connectivity index (χ0n) is 85.0. The first-order chi connectivity index (χ1) is 71.7. The number of aromatic hydroxyl groups is 3. The zero-order chi connectivity index (χ0) is 103. The van der Waals surface area contributed by atoms with E-state index in [0.717, 1.165) is 0 Å². The molecule has 40 heteroatoms. The van der Waals surface area contributed by atoms with E-state index in [1.165, 1.54) is 36.8 Å². The van der Waals surface area contributed by atoms with Gasteiger partial charge in [-0.15, -0.1) is 0 Å². The summed E-state index contributed by atoms with van der Waals surface area (Å²) in [5.74, 6) is -0.513. The Morgan fingerprint density at radius 2 is 0.534 bits per heavy atom. The molecule has 0 aliphatic heterocycles. The van der Waals surface area contributed by atoms with Gasteiger partial charge in [0.25, 0.3) is 17.7 Å². The lowest BCUT2D eigenvalue weighted by Crippen LogP contribution is -2.42. The lowest BCUT2D eigenvalue weighted by molar-refractivity contribution is -0.133. The van der Waals surface area contributed by atoms with Crippen molar-refractivity contribution >= 4 is 56.3 Å². The minimum Gasteiger partial charge on any atom is -0.505 e. The summed E-state index contributed by atoms with van der Waals surface area (Å²) in [5, 5.41) is 48.2. The van der Waals surface area contributed by atoms with Crippen LogP contribution in [0.25, 0.3) is 32.7 Å². The fourth-order valence-corrected chi connectivity index (χ4v) is 14.9. The van der Waals surface area contributed by atoms with Crippen LogP contribution in [-0.4, -0.2) is 354 Å². The Bertz CT molecular complexity index is 4870. The topological polar surface area (TPSA) is 456 Å². The second-order valence-electron chi connectivity index (χ2n) is 33.0. The third-order valence-electron chi connectivity index (χ3n) is 22.4. The Morgan fingerprint density at radius 1 is 0.274 bits per heavy atom. The number of hydrogen-bond acceptors (Lipinski definition) is 36. The van der Waals surface area contributed by atoms with E-state index in [-0.39, 0.29) is 250 Å². The Hall–Kier alpha value is -11.5. The highest BCUT2D eigenvalue weighted by Crippen LogP contribution is 2.43.